The van der Waals surface area contributed by atoms with E-state index in [0.29, 0.717) is 31.3 Å². The Kier molecular flexibility index (Phi) is 9.17. The number of carboxylic acid groups (broad SMARTS) is 2. The van der Waals surface area contributed by atoms with E-state index in [1.807, 2.05) is 13.0 Å². The number of hydrogen-bond acceptors (Lipinski definition) is 8. The monoisotopic (exact) mass is 532 g/mol. The lowest BCUT2D eigenvalue weighted by atomic mass is 9.46. The summed E-state index contributed by atoms with van der Waals surface area (Å²) in [5, 5.41) is 17.8. The summed E-state index contributed by atoms with van der Waals surface area (Å²) in [5.41, 5.74) is 0.328. The molecule has 3 rings (SSSR count). The van der Waals surface area contributed by atoms with Gasteiger partial charge in [-0.2, -0.15) is 0 Å². The van der Waals surface area contributed by atoms with E-state index in [-0.39, 0.29) is 62.1 Å². The second kappa shape index (κ2) is 12.0. The van der Waals surface area contributed by atoms with Gasteiger partial charge in [0.15, 0.2) is 0 Å². The fourth-order valence-corrected chi connectivity index (χ4v) is 6.30. The summed E-state index contributed by atoms with van der Waals surface area (Å²) in [5.74, 6) is -4.05. The first-order valence-electron chi connectivity index (χ1n) is 12.9. The van der Waals surface area contributed by atoms with E-state index < -0.39 is 35.4 Å². The molecule has 0 aromatic rings. The number of rotatable bonds is 11. The van der Waals surface area contributed by atoms with Crippen molar-refractivity contribution in [3.8, 4) is 0 Å². The summed E-state index contributed by atoms with van der Waals surface area (Å²) in [7, 11) is 0. The van der Waals surface area contributed by atoms with Gasteiger partial charge < -0.3 is 24.4 Å². The lowest BCUT2D eigenvalue weighted by Gasteiger charge is -2.59. The standard InChI is InChI=1S/C28H36O10/c1-17-4-7-20-27(2,19(17)6-5-18-13-15-36-26(18)35)14-12-21(38-25(34)11-9-23(31)32)28(20,3)16-37-24(33)10-8-22(29)30/h5-6,13,19-21H,1,4,7-12,14-16H2,2-3H3,(H,29,30)(H,31,32)/t19-,20?,21-,27+,28+/m1/s1. The van der Waals surface area contributed by atoms with E-state index >= 15 is 0 Å². The van der Waals surface area contributed by atoms with Crippen LogP contribution in [0.15, 0.2) is 36.0 Å². The molecule has 1 aliphatic heterocycles. The van der Waals surface area contributed by atoms with Crippen LogP contribution in [-0.2, 0) is 38.2 Å². The van der Waals surface area contributed by atoms with Crippen molar-refractivity contribution < 1.29 is 48.4 Å². The van der Waals surface area contributed by atoms with Crippen LogP contribution in [0, 0.1) is 22.7 Å². The lowest BCUT2D eigenvalue weighted by molar-refractivity contribution is -0.192. The molecule has 1 unspecified atom stereocenters. The average molecular weight is 533 g/mol. The molecule has 0 aromatic carbocycles. The molecule has 208 valence electrons. The summed E-state index contributed by atoms with van der Waals surface area (Å²) < 4.78 is 16.4. The summed E-state index contributed by atoms with van der Waals surface area (Å²) >= 11 is 0. The van der Waals surface area contributed by atoms with E-state index in [0.717, 1.165) is 5.57 Å². The summed E-state index contributed by atoms with van der Waals surface area (Å²) in [6, 6.07) is 0. The van der Waals surface area contributed by atoms with Gasteiger partial charge in [-0.3, -0.25) is 19.2 Å². The fraction of sp³-hybridized carbons (Fsp3) is 0.607. The highest BCUT2D eigenvalue weighted by Gasteiger charge is 2.59. The van der Waals surface area contributed by atoms with Crippen LogP contribution in [0.5, 0.6) is 0 Å². The molecule has 0 radical (unpaired) electrons. The van der Waals surface area contributed by atoms with Gasteiger partial charge in [0.05, 0.1) is 31.3 Å². The van der Waals surface area contributed by atoms with Crippen molar-refractivity contribution in [1.29, 1.82) is 0 Å². The fourth-order valence-electron chi connectivity index (χ4n) is 6.30. The SMILES string of the molecule is C=C1CCC2[C@](C)(COC(=O)CCC(=O)O)[C@H](OC(=O)CCC(=O)O)CC[C@@]2(C)[C@@H]1C=CC1=CCOC1=O. The topological polar surface area (TPSA) is 154 Å². The second-order valence-electron chi connectivity index (χ2n) is 10.8. The number of carboxylic acids is 2. The van der Waals surface area contributed by atoms with Crippen LogP contribution in [0.2, 0.25) is 0 Å². The van der Waals surface area contributed by atoms with Crippen LogP contribution in [0.3, 0.4) is 0 Å². The molecule has 2 fully saturated rings. The molecule has 1 heterocycles. The lowest BCUT2D eigenvalue weighted by Crippen LogP contribution is -2.58. The van der Waals surface area contributed by atoms with Crippen molar-refractivity contribution in [2.24, 2.45) is 22.7 Å². The Labute approximate surface area is 221 Å². The molecular formula is C28H36O10. The molecule has 0 aromatic heterocycles. The molecular weight excluding hydrogens is 496 g/mol. The van der Waals surface area contributed by atoms with Gasteiger partial charge >= 0.3 is 29.8 Å². The zero-order valence-corrected chi connectivity index (χ0v) is 21.9. The van der Waals surface area contributed by atoms with E-state index in [1.54, 1.807) is 12.2 Å². The molecule has 10 nitrogen and oxygen atoms in total. The largest absolute Gasteiger partial charge is 0.481 e. The Morgan fingerprint density at radius 3 is 2.34 bits per heavy atom. The van der Waals surface area contributed by atoms with E-state index in [9.17, 15) is 24.0 Å². The van der Waals surface area contributed by atoms with Gasteiger partial charge in [-0.15, -0.1) is 0 Å². The van der Waals surface area contributed by atoms with Crippen molar-refractivity contribution in [2.45, 2.75) is 71.3 Å². The van der Waals surface area contributed by atoms with Crippen molar-refractivity contribution >= 4 is 29.8 Å². The Hall–Kier alpha value is -3.43. The Morgan fingerprint density at radius 1 is 1.08 bits per heavy atom. The maximum atomic E-state index is 12.5. The molecule has 3 aliphatic rings. The molecule has 0 spiro atoms. The van der Waals surface area contributed by atoms with Gasteiger partial charge in [-0.25, -0.2) is 4.79 Å². The minimum Gasteiger partial charge on any atom is -0.481 e. The minimum absolute atomic E-state index is 0.0804. The second-order valence-corrected chi connectivity index (χ2v) is 10.8. The summed E-state index contributed by atoms with van der Waals surface area (Å²) in [6.07, 6.45) is 6.10. The Morgan fingerprint density at radius 2 is 1.74 bits per heavy atom. The molecule has 5 atom stereocenters. The number of ether oxygens (including phenoxy) is 3. The molecule has 0 amide bonds. The molecule has 38 heavy (non-hydrogen) atoms. The number of carbonyl (C=O) groups excluding carboxylic acids is 3. The van der Waals surface area contributed by atoms with Crippen LogP contribution >= 0.6 is 0 Å². The number of esters is 3. The van der Waals surface area contributed by atoms with Crippen molar-refractivity contribution in [3.05, 3.63) is 36.0 Å². The molecule has 2 N–H and O–H groups in total. The molecule has 0 saturated heterocycles. The van der Waals surface area contributed by atoms with Crippen LogP contribution in [0.4, 0.5) is 0 Å². The van der Waals surface area contributed by atoms with Gasteiger partial charge in [-0.1, -0.05) is 38.2 Å². The normalized spacial score (nSPS) is 30.8. The van der Waals surface area contributed by atoms with Crippen LogP contribution in [0.1, 0.15) is 65.2 Å². The van der Waals surface area contributed by atoms with Gasteiger partial charge in [0.25, 0.3) is 0 Å². The highest BCUT2D eigenvalue weighted by Crippen LogP contribution is 2.62. The van der Waals surface area contributed by atoms with Gasteiger partial charge in [0.2, 0.25) is 0 Å². The highest BCUT2D eigenvalue weighted by molar-refractivity contribution is 5.93. The zero-order chi connectivity index (χ0) is 28.1. The average Bonchev–Trinajstić information content (AvgIpc) is 3.26. The highest BCUT2D eigenvalue weighted by atomic mass is 16.6. The van der Waals surface area contributed by atoms with Gasteiger partial charge in [0, 0.05) is 11.3 Å². The number of aliphatic carboxylic acids is 2. The quantitative estimate of drug-likeness (QED) is 0.229. The molecule has 2 aliphatic carbocycles. The van der Waals surface area contributed by atoms with E-state index in [4.69, 9.17) is 24.4 Å². The summed E-state index contributed by atoms with van der Waals surface area (Å²) in [4.78, 5) is 58.6. The first-order chi connectivity index (χ1) is 17.9. The predicted octanol–water partition coefficient (Wildman–Crippen LogP) is 3.60. The van der Waals surface area contributed by atoms with E-state index in [2.05, 4.69) is 13.5 Å². The molecule has 0 bridgehead atoms. The number of allylic oxidation sites excluding steroid dienone is 2. The van der Waals surface area contributed by atoms with Crippen molar-refractivity contribution in [2.75, 3.05) is 13.2 Å². The molecule has 10 heteroatoms. The van der Waals surface area contributed by atoms with Crippen molar-refractivity contribution in [3.63, 3.8) is 0 Å². The summed E-state index contributed by atoms with van der Waals surface area (Å²) in [6.45, 7) is 8.49. The van der Waals surface area contributed by atoms with Gasteiger partial charge in [0.1, 0.15) is 19.3 Å². The number of cyclic esters (lactones) is 1. The predicted molar refractivity (Wildman–Crippen MR) is 134 cm³/mol. The molecule has 2 saturated carbocycles. The number of carbonyl (C=O) groups is 5. The smallest absolute Gasteiger partial charge is 0.338 e. The number of fused-ring (bicyclic) bond motifs is 1. The number of hydrogen-bond donors (Lipinski definition) is 2. The van der Waals surface area contributed by atoms with Crippen LogP contribution < -0.4 is 0 Å². The van der Waals surface area contributed by atoms with Gasteiger partial charge in [-0.05, 0) is 43.1 Å². The maximum absolute atomic E-state index is 12.5. The first kappa shape index (κ1) is 29.1. The maximum Gasteiger partial charge on any atom is 0.338 e. The Bertz CT molecular complexity index is 1060. The minimum atomic E-state index is -1.11. The third-order valence-corrected chi connectivity index (χ3v) is 8.30. The van der Waals surface area contributed by atoms with Crippen LogP contribution in [-0.4, -0.2) is 59.4 Å². The zero-order valence-electron chi connectivity index (χ0n) is 21.9. The first-order valence-corrected chi connectivity index (χ1v) is 12.9. The van der Waals surface area contributed by atoms with E-state index in [1.165, 1.54) is 0 Å². The third-order valence-electron chi connectivity index (χ3n) is 8.30. The van der Waals surface area contributed by atoms with Crippen molar-refractivity contribution in [1.82, 2.24) is 0 Å². The Balaban J connectivity index is 1.88. The van der Waals surface area contributed by atoms with Crippen LogP contribution in [0.25, 0.3) is 0 Å². The third kappa shape index (κ3) is 6.52.